The zero-order chi connectivity index (χ0) is 57.1. The summed E-state index contributed by atoms with van der Waals surface area (Å²) in [6.45, 7) is 6.44. The van der Waals surface area contributed by atoms with Crippen LogP contribution in [0.2, 0.25) is 0 Å². The Bertz CT molecular complexity index is 1540. The van der Waals surface area contributed by atoms with Crippen LogP contribution < -0.4 is 0 Å². The van der Waals surface area contributed by atoms with Crippen LogP contribution in [0.25, 0.3) is 0 Å². The van der Waals surface area contributed by atoms with Crippen LogP contribution in [0, 0.1) is 0 Å². The van der Waals surface area contributed by atoms with Crippen molar-refractivity contribution in [3.8, 4) is 0 Å². The molecule has 0 saturated heterocycles. The van der Waals surface area contributed by atoms with E-state index in [0.717, 1.165) is 141 Å². The Labute approximate surface area is 489 Å². The van der Waals surface area contributed by atoms with Gasteiger partial charge < -0.3 is 14.2 Å². The number of esters is 3. The topological polar surface area (TPSA) is 78.9 Å². The van der Waals surface area contributed by atoms with Crippen LogP contribution in [0.15, 0.2) is 97.2 Å². The van der Waals surface area contributed by atoms with Crippen molar-refractivity contribution in [3.63, 3.8) is 0 Å². The molecule has 0 aliphatic rings. The summed E-state index contributed by atoms with van der Waals surface area (Å²) in [6.07, 6.45) is 90.1. The summed E-state index contributed by atoms with van der Waals surface area (Å²) in [6, 6.07) is 0. The predicted molar refractivity (Wildman–Crippen MR) is 344 cm³/mol. The summed E-state index contributed by atoms with van der Waals surface area (Å²) in [5, 5.41) is 0. The lowest BCUT2D eigenvalue weighted by Crippen LogP contribution is -2.30. The Balaban J connectivity index is 4.14. The van der Waals surface area contributed by atoms with Gasteiger partial charge in [-0.05, 0) is 116 Å². The highest BCUT2D eigenvalue weighted by Crippen LogP contribution is 2.17. The zero-order valence-corrected chi connectivity index (χ0v) is 52.1. The highest BCUT2D eigenvalue weighted by molar-refractivity contribution is 5.71. The number of carbonyl (C=O) groups is 3. The number of ether oxygens (including phenoxy) is 3. The first-order valence-electron chi connectivity index (χ1n) is 33.7. The van der Waals surface area contributed by atoms with Gasteiger partial charge in [-0.2, -0.15) is 0 Å². The molecule has 0 aliphatic carbocycles. The number of hydrogen-bond donors (Lipinski definition) is 0. The van der Waals surface area contributed by atoms with E-state index in [2.05, 4.69) is 118 Å². The Morgan fingerprint density at radius 3 is 0.823 bits per heavy atom. The fourth-order valence-corrected chi connectivity index (χ4v) is 9.50. The normalized spacial score (nSPS) is 12.7. The van der Waals surface area contributed by atoms with E-state index in [1.165, 1.54) is 148 Å². The molecule has 0 fully saturated rings. The van der Waals surface area contributed by atoms with Gasteiger partial charge in [-0.15, -0.1) is 0 Å². The lowest BCUT2D eigenvalue weighted by Gasteiger charge is -2.18. The second-order valence-corrected chi connectivity index (χ2v) is 22.3. The maximum atomic E-state index is 12.9. The zero-order valence-electron chi connectivity index (χ0n) is 52.1. The molecule has 0 spiro atoms. The van der Waals surface area contributed by atoms with E-state index in [0.29, 0.717) is 19.3 Å². The van der Waals surface area contributed by atoms with Crippen molar-refractivity contribution < 1.29 is 28.6 Å². The fraction of sp³-hybridized carbons (Fsp3) is 0.740. The maximum Gasteiger partial charge on any atom is 0.306 e. The van der Waals surface area contributed by atoms with Crippen LogP contribution in [-0.2, 0) is 28.6 Å². The summed E-state index contributed by atoms with van der Waals surface area (Å²) in [7, 11) is 0. The van der Waals surface area contributed by atoms with Crippen molar-refractivity contribution in [2.24, 2.45) is 0 Å². The average Bonchev–Trinajstić information content (AvgIpc) is 3.45. The molecule has 0 amide bonds. The lowest BCUT2D eigenvalue weighted by molar-refractivity contribution is -0.167. The highest BCUT2D eigenvalue weighted by atomic mass is 16.6. The number of hydrogen-bond acceptors (Lipinski definition) is 6. The molecule has 454 valence electrons. The molecule has 0 aromatic rings. The third kappa shape index (κ3) is 65.0. The molecule has 1 unspecified atom stereocenters. The second kappa shape index (κ2) is 66.8. The molecule has 6 nitrogen and oxygen atoms in total. The van der Waals surface area contributed by atoms with Crippen LogP contribution in [0.1, 0.15) is 329 Å². The van der Waals surface area contributed by atoms with Crippen LogP contribution in [-0.4, -0.2) is 37.2 Å². The largest absolute Gasteiger partial charge is 0.462 e. The minimum Gasteiger partial charge on any atom is -0.462 e. The van der Waals surface area contributed by atoms with Crippen LogP contribution in [0.4, 0.5) is 0 Å². The number of rotatable bonds is 61. The van der Waals surface area contributed by atoms with E-state index in [1.54, 1.807) is 0 Å². The van der Waals surface area contributed by atoms with Gasteiger partial charge in [-0.1, -0.05) is 291 Å². The third-order valence-electron chi connectivity index (χ3n) is 14.5. The minimum atomic E-state index is -0.790. The van der Waals surface area contributed by atoms with Gasteiger partial charge in [0.15, 0.2) is 6.10 Å². The molecule has 0 aromatic carbocycles. The van der Waals surface area contributed by atoms with Crippen molar-refractivity contribution in [1.82, 2.24) is 0 Å². The number of allylic oxidation sites excluding steroid dienone is 16. The van der Waals surface area contributed by atoms with E-state index in [4.69, 9.17) is 14.2 Å². The summed E-state index contributed by atoms with van der Waals surface area (Å²) in [5.74, 6) is -0.901. The van der Waals surface area contributed by atoms with Gasteiger partial charge in [-0.3, -0.25) is 14.4 Å². The minimum absolute atomic E-state index is 0.0845. The Morgan fingerprint density at radius 2 is 0.519 bits per heavy atom. The summed E-state index contributed by atoms with van der Waals surface area (Å²) in [5.41, 5.74) is 0. The first kappa shape index (κ1) is 75.3. The molecule has 0 aliphatic heterocycles. The van der Waals surface area contributed by atoms with Crippen molar-refractivity contribution >= 4 is 17.9 Å². The van der Waals surface area contributed by atoms with Crippen molar-refractivity contribution in [2.75, 3.05) is 13.2 Å². The van der Waals surface area contributed by atoms with Crippen LogP contribution in [0.3, 0.4) is 0 Å². The molecule has 0 aromatic heterocycles. The maximum absolute atomic E-state index is 12.9. The Kier molecular flexibility index (Phi) is 63.7. The second-order valence-electron chi connectivity index (χ2n) is 22.3. The molecule has 0 heterocycles. The van der Waals surface area contributed by atoms with Gasteiger partial charge in [0.2, 0.25) is 0 Å². The monoisotopic (exact) mass is 1100 g/mol. The smallest absolute Gasteiger partial charge is 0.306 e. The molecular weight excluding hydrogens is 973 g/mol. The van der Waals surface area contributed by atoms with Crippen LogP contribution in [0.5, 0.6) is 0 Å². The highest BCUT2D eigenvalue weighted by Gasteiger charge is 2.19. The first-order chi connectivity index (χ1) is 39.0. The number of carbonyl (C=O) groups excluding carboxylic acids is 3. The van der Waals surface area contributed by atoms with E-state index in [-0.39, 0.29) is 31.1 Å². The summed E-state index contributed by atoms with van der Waals surface area (Å²) in [4.78, 5) is 38.3. The molecule has 79 heavy (non-hydrogen) atoms. The average molecular weight is 1100 g/mol. The molecule has 0 bridgehead atoms. The third-order valence-corrected chi connectivity index (χ3v) is 14.5. The first-order valence-corrected chi connectivity index (χ1v) is 33.7. The van der Waals surface area contributed by atoms with Crippen molar-refractivity contribution in [2.45, 2.75) is 335 Å². The molecule has 1 atom stereocenters. The van der Waals surface area contributed by atoms with Gasteiger partial charge in [-0.25, -0.2) is 0 Å². The molecule has 0 rings (SSSR count). The van der Waals surface area contributed by atoms with E-state index in [9.17, 15) is 14.4 Å². The molecule has 6 heteroatoms. The molecule has 0 N–H and O–H groups in total. The van der Waals surface area contributed by atoms with Gasteiger partial charge in [0, 0.05) is 19.3 Å². The van der Waals surface area contributed by atoms with Crippen molar-refractivity contribution in [3.05, 3.63) is 97.2 Å². The van der Waals surface area contributed by atoms with Gasteiger partial charge in [0.25, 0.3) is 0 Å². The quantitative estimate of drug-likeness (QED) is 0.0261. The number of unbranched alkanes of at least 4 members (excludes halogenated alkanes) is 34. The predicted octanol–water partition coefficient (Wildman–Crippen LogP) is 23.2. The van der Waals surface area contributed by atoms with E-state index < -0.39 is 6.10 Å². The molecule has 0 saturated carbocycles. The van der Waals surface area contributed by atoms with Crippen LogP contribution >= 0.6 is 0 Å². The van der Waals surface area contributed by atoms with Gasteiger partial charge >= 0.3 is 17.9 Å². The SMILES string of the molecule is CC/C=C\C/C=C\C/C=C\C/C=C\CCCCCCCCCCCCCCCCCCCCCCC(=O)OCC(COC(=O)CCCCCCC/C=C\C/C=C\CCC)OC(=O)CCCCCCC/C=C\C/C=C\CCCCC. The lowest BCUT2D eigenvalue weighted by atomic mass is 10.0. The van der Waals surface area contributed by atoms with E-state index >= 15 is 0 Å². The molecular formula is C73H126O6. The summed E-state index contributed by atoms with van der Waals surface area (Å²) < 4.78 is 16.9. The van der Waals surface area contributed by atoms with Gasteiger partial charge in [0.1, 0.15) is 13.2 Å². The van der Waals surface area contributed by atoms with E-state index in [1.807, 2.05) is 0 Å². The fourth-order valence-electron chi connectivity index (χ4n) is 9.50. The van der Waals surface area contributed by atoms with Gasteiger partial charge in [0.05, 0.1) is 0 Å². The van der Waals surface area contributed by atoms with Crippen molar-refractivity contribution in [1.29, 1.82) is 0 Å². The summed E-state index contributed by atoms with van der Waals surface area (Å²) >= 11 is 0. The Morgan fingerprint density at radius 1 is 0.266 bits per heavy atom. The Hall–Kier alpha value is -3.67. The standard InChI is InChI=1S/C73H126O6/c1-4-7-10-13-16-19-22-25-27-28-29-30-31-32-33-34-35-36-37-38-39-40-41-42-43-44-46-48-51-54-57-60-63-66-72(75)78-69-70(68-77-71(74)65-62-59-56-53-50-47-24-21-18-15-12-9-6-3)79-73(76)67-64-61-58-55-52-49-45-26-23-20-17-14-11-8-5-2/h7,10,12,15-17,19-21,24-27,29-30,45,70H,4-6,8-9,11,13-14,18,22-23,28,31-44,46-69H2,1-3H3/b10-7-,15-12-,19-16-,20-17-,24-21-,27-25-,30-29-,45-26-. The molecule has 0 radical (unpaired) electrons.